The zero-order valence-electron chi connectivity index (χ0n) is 19.1. The van der Waals surface area contributed by atoms with Gasteiger partial charge in [-0.25, -0.2) is 4.79 Å². The molecule has 4 unspecified atom stereocenters. The van der Waals surface area contributed by atoms with Crippen LogP contribution in [0.15, 0.2) is 0 Å². The van der Waals surface area contributed by atoms with E-state index in [-0.39, 0.29) is 31.1 Å². The number of aliphatic carboxylic acids is 1. The topological polar surface area (TPSA) is 214 Å². The standard InChI is InChI=1S/C20H37N5O7/c1-10(2)7-12(21)17(28)25-15(9-26)19(30)24-14(8-11(3)4)18(29)23-13(20(31)32)5-6-16(22)27/h10-15,26H,5-9,21H2,1-4H3,(H2,22,27)(H,23,29)(H,24,30)(H,25,28)(H,31,32). The van der Waals surface area contributed by atoms with Gasteiger partial charge in [0, 0.05) is 6.42 Å². The molecule has 4 atom stereocenters. The summed E-state index contributed by atoms with van der Waals surface area (Å²) in [7, 11) is 0. The molecule has 0 rings (SSSR count). The number of carboxylic acids is 1. The van der Waals surface area contributed by atoms with Crippen LogP contribution in [-0.2, 0) is 24.0 Å². The van der Waals surface area contributed by atoms with Crippen molar-refractivity contribution in [1.29, 1.82) is 0 Å². The molecule has 32 heavy (non-hydrogen) atoms. The molecule has 0 saturated carbocycles. The Bertz CT molecular complexity index is 669. The highest BCUT2D eigenvalue weighted by Crippen LogP contribution is 2.08. The fourth-order valence-corrected chi connectivity index (χ4v) is 2.88. The number of nitrogens with two attached hydrogens (primary N) is 2. The molecular weight excluding hydrogens is 422 g/mol. The second-order valence-electron chi connectivity index (χ2n) is 8.57. The van der Waals surface area contributed by atoms with Crippen molar-refractivity contribution in [2.75, 3.05) is 6.61 Å². The molecule has 0 spiro atoms. The molecule has 0 saturated heterocycles. The largest absolute Gasteiger partial charge is 0.480 e. The van der Waals surface area contributed by atoms with Crippen LogP contribution in [0.1, 0.15) is 53.4 Å². The molecule has 0 heterocycles. The van der Waals surface area contributed by atoms with Crippen LogP contribution in [0, 0.1) is 11.8 Å². The lowest BCUT2D eigenvalue weighted by Crippen LogP contribution is -2.58. The van der Waals surface area contributed by atoms with E-state index in [1.807, 2.05) is 13.8 Å². The van der Waals surface area contributed by atoms with Gasteiger partial charge in [-0.3, -0.25) is 19.2 Å². The van der Waals surface area contributed by atoms with E-state index in [0.717, 1.165) is 0 Å². The number of hydrogen-bond donors (Lipinski definition) is 7. The Labute approximate surface area is 187 Å². The van der Waals surface area contributed by atoms with E-state index in [4.69, 9.17) is 11.5 Å². The minimum atomic E-state index is -1.37. The lowest BCUT2D eigenvalue weighted by atomic mass is 10.0. The first-order valence-corrected chi connectivity index (χ1v) is 10.6. The molecule has 0 radical (unpaired) electrons. The number of carboxylic acid groups (broad SMARTS) is 1. The van der Waals surface area contributed by atoms with Gasteiger partial charge in [0.25, 0.3) is 0 Å². The van der Waals surface area contributed by atoms with Gasteiger partial charge in [-0.05, 0) is 31.1 Å². The summed E-state index contributed by atoms with van der Waals surface area (Å²) in [5.74, 6) is -4.18. The average molecular weight is 460 g/mol. The number of rotatable bonds is 15. The predicted molar refractivity (Wildman–Crippen MR) is 116 cm³/mol. The smallest absolute Gasteiger partial charge is 0.326 e. The number of aliphatic hydroxyl groups excluding tert-OH is 1. The van der Waals surface area contributed by atoms with Crippen LogP contribution < -0.4 is 27.4 Å². The fraction of sp³-hybridized carbons (Fsp3) is 0.750. The van der Waals surface area contributed by atoms with Gasteiger partial charge in [0.1, 0.15) is 18.1 Å². The van der Waals surface area contributed by atoms with E-state index in [1.54, 1.807) is 13.8 Å². The van der Waals surface area contributed by atoms with Gasteiger partial charge in [-0.15, -0.1) is 0 Å². The summed E-state index contributed by atoms with van der Waals surface area (Å²) in [5, 5.41) is 25.9. The normalized spacial score (nSPS) is 14.9. The van der Waals surface area contributed by atoms with Crippen LogP contribution in [0.25, 0.3) is 0 Å². The van der Waals surface area contributed by atoms with Crippen LogP contribution in [0.4, 0.5) is 0 Å². The van der Waals surface area contributed by atoms with Crippen molar-refractivity contribution in [1.82, 2.24) is 16.0 Å². The van der Waals surface area contributed by atoms with Crippen molar-refractivity contribution in [3.63, 3.8) is 0 Å². The highest BCUT2D eigenvalue weighted by Gasteiger charge is 2.30. The van der Waals surface area contributed by atoms with E-state index in [9.17, 15) is 34.2 Å². The second-order valence-corrected chi connectivity index (χ2v) is 8.57. The molecule has 0 aliphatic carbocycles. The molecule has 0 bridgehead atoms. The molecule has 0 fully saturated rings. The van der Waals surface area contributed by atoms with E-state index >= 15 is 0 Å². The average Bonchev–Trinajstić information content (AvgIpc) is 2.66. The maximum Gasteiger partial charge on any atom is 0.326 e. The van der Waals surface area contributed by atoms with E-state index in [0.29, 0.717) is 6.42 Å². The Kier molecular flexibility index (Phi) is 13.1. The molecule has 9 N–H and O–H groups in total. The van der Waals surface area contributed by atoms with Gasteiger partial charge < -0.3 is 37.6 Å². The van der Waals surface area contributed by atoms with E-state index < -0.39 is 60.4 Å². The summed E-state index contributed by atoms with van der Waals surface area (Å²) < 4.78 is 0. The first-order valence-electron chi connectivity index (χ1n) is 10.6. The molecule has 12 heteroatoms. The van der Waals surface area contributed by atoms with Gasteiger partial charge in [0.15, 0.2) is 0 Å². The molecule has 0 aliphatic heterocycles. The first kappa shape index (κ1) is 29.3. The Morgan fingerprint density at radius 3 is 1.69 bits per heavy atom. The SMILES string of the molecule is CC(C)CC(N)C(=O)NC(CO)C(=O)NC(CC(C)C)C(=O)NC(CCC(N)=O)C(=O)O. The quantitative estimate of drug-likeness (QED) is 0.148. The highest BCUT2D eigenvalue weighted by molar-refractivity contribution is 5.94. The van der Waals surface area contributed by atoms with Crippen LogP contribution >= 0.6 is 0 Å². The Balaban J connectivity index is 5.26. The number of hydrogen-bond acceptors (Lipinski definition) is 7. The molecule has 0 aromatic carbocycles. The number of nitrogens with one attached hydrogen (secondary N) is 3. The Morgan fingerprint density at radius 1 is 0.781 bits per heavy atom. The monoisotopic (exact) mass is 459 g/mol. The van der Waals surface area contributed by atoms with Gasteiger partial charge in [0.05, 0.1) is 12.6 Å². The number of carbonyl (C=O) groups excluding carboxylic acids is 4. The molecule has 4 amide bonds. The lowest BCUT2D eigenvalue weighted by Gasteiger charge is -2.25. The first-order chi connectivity index (χ1) is 14.8. The third-order valence-corrected chi connectivity index (χ3v) is 4.51. The zero-order chi connectivity index (χ0) is 25.0. The van der Waals surface area contributed by atoms with Crippen LogP contribution in [-0.4, -0.2) is 70.6 Å². The summed E-state index contributed by atoms with van der Waals surface area (Å²) in [6.07, 6.45) is 0.0973. The van der Waals surface area contributed by atoms with Crippen LogP contribution in [0.3, 0.4) is 0 Å². The summed E-state index contributed by atoms with van der Waals surface area (Å²) in [6.45, 7) is 6.63. The minimum Gasteiger partial charge on any atom is -0.480 e. The Hall–Kier alpha value is -2.73. The second kappa shape index (κ2) is 14.4. The number of aliphatic hydroxyl groups is 1. The maximum atomic E-state index is 12.7. The third kappa shape index (κ3) is 11.6. The zero-order valence-corrected chi connectivity index (χ0v) is 19.1. The van der Waals surface area contributed by atoms with Crippen LogP contribution in [0.2, 0.25) is 0 Å². The molecule has 0 aliphatic rings. The van der Waals surface area contributed by atoms with Crippen molar-refractivity contribution in [2.24, 2.45) is 23.3 Å². The predicted octanol–water partition coefficient (Wildman–Crippen LogP) is -1.80. The number of primary amides is 1. The summed E-state index contributed by atoms with van der Waals surface area (Å²) in [6, 6.07) is -4.71. The molecule has 184 valence electrons. The highest BCUT2D eigenvalue weighted by atomic mass is 16.4. The van der Waals surface area contributed by atoms with Gasteiger partial charge >= 0.3 is 5.97 Å². The fourth-order valence-electron chi connectivity index (χ4n) is 2.88. The summed E-state index contributed by atoms with van der Waals surface area (Å²) in [4.78, 5) is 59.8. The van der Waals surface area contributed by atoms with Gasteiger partial charge in [-0.2, -0.15) is 0 Å². The van der Waals surface area contributed by atoms with Crippen molar-refractivity contribution < 1.29 is 34.2 Å². The number of carbonyl (C=O) groups is 5. The van der Waals surface area contributed by atoms with E-state index in [2.05, 4.69) is 16.0 Å². The summed E-state index contributed by atoms with van der Waals surface area (Å²) >= 11 is 0. The van der Waals surface area contributed by atoms with Crippen molar-refractivity contribution in [2.45, 2.75) is 77.5 Å². The number of amides is 4. The van der Waals surface area contributed by atoms with Crippen molar-refractivity contribution >= 4 is 29.6 Å². The minimum absolute atomic E-state index is 0.0541. The molecule has 0 aromatic rings. The molecule has 12 nitrogen and oxygen atoms in total. The van der Waals surface area contributed by atoms with Crippen molar-refractivity contribution in [3.8, 4) is 0 Å². The van der Waals surface area contributed by atoms with Crippen LogP contribution in [0.5, 0.6) is 0 Å². The van der Waals surface area contributed by atoms with Gasteiger partial charge in [-0.1, -0.05) is 27.7 Å². The summed E-state index contributed by atoms with van der Waals surface area (Å²) in [5.41, 5.74) is 10.8. The lowest BCUT2D eigenvalue weighted by molar-refractivity contribution is -0.142. The van der Waals surface area contributed by atoms with Crippen molar-refractivity contribution in [3.05, 3.63) is 0 Å². The Morgan fingerprint density at radius 2 is 1.25 bits per heavy atom. The molecular formula is C20H37N5O7. The molecule has 0 aromatic heterocycles. The third-order valence-electron chi connectivity index (χ3n) is 4.51. The van der Waals surface area contributed by atoms with Gasteiger partial charge in [0.2, 0.25) is 23.6 Å². The van der Waals surface area contributed by atoms with E-state index in [1.165, 1.54) is 0 Å². The maximum absolute atomic E-state index is 12.7.